The molecule has 0 aromatic carbocycles. The number of aliphatic hydroxyl groups excluding tert-OH is 1. The molecule has 134 valence electrons. The summed E-state index contributed by atoms with van der Waals surface area (Å²) in [6, 6.07) is 2.19. The number of anilines is 1. The van der Waals surface area contributed by atoms with Crippen molar-refractivity contribution in [1.82, 2.24) is 14.9 Å². The van der Waals surface area contributed by atoms with E-state index in [-0.39, 0.29) is 6.61 Å². The van der Waals surface area contributed by atoms with Gasteiger partial charge >= 0.3 is 0 Å². The molecule has 0 radical (unpaired) electrons. The number of aryl methyl sites for hydroxylation is 1. The molecule has 3 heterocycles. The Kier molecular flexibility index (Phi) is 6.03. The van der Waals surface area contributed by atoms with Crippen LogP contribution in [0.15, 0.2) is 6.07 Å². The first-order valence-corrected chi connectivity index (χ1v) is 9.17. The normalized spacial score (nSPS) is 21.9. The molecule has 2 aliphatic rings. The van der Waals surface area contributed by atoms with Gasteiger partial charge in [0.2, 0.25) is 0 Å². The van der Waals surface area contributed by atoms with Crippen molar-refractivity contribution < 1.29 is 9.84 Å². The summed E-state index contributed by atoms with van der Waals surface area (Å²) in [5.74, 6) is 2.80. The summed E-state index contributed by atoms with van der Waals surface area (Å²) < 4.78 is 5.44. The molecule has 1 aromatic heterocycles. The van der Waals surface area contributed by atoms with Gasteiger partial charge in [0.25, 0.3) is 0 Å². The maximum Gasteiger partial charge on any atom is 0.132 e. The van der Waals surface area contributed by atoms with Crippen LogP contribution in [0, 0.1) is 12.8 Å². The average molecular weight is 334 g/mol. The van der Waals surface area contributed by atoms with Crippen LogP contribution in [-0.4, -0.2) is 72.5 Å². The predicted octanol–water partition coefficient (Wildman–Crippen LogP) is 1.43. The quantitative estimate of drug-likeness (QED) is 0.879. The fourth-order valence-corrected chi connectivity index (χ4v) is 3.65. The third-order valence-corrected chi connectivity index (χ3v) is 5.07. The zero-order valence-corrected chi connectivity index (χ0v) is 14.9. The summed E-state index contributed by atoms with van der Waals surface area (Å²) in [5, 5.41) is 9.22. The Morgan fingerprint density at radius 3 is 2.58 bits per heavy atom. The molecule has 1 atom stereocenters. The molecule has 2 aliphatic heterocycles. The topological polar surface area (TPSA) is 61.7 Å². The summed E-state index contributed by atoms with van der Waals surface area (Å²) in [4.78, 5) is 14.1. The highest BCUT2D eigenvalue weighted by molar-refractivity contribution is 5.41. The Morgan fingerprint density at radius 1 is 1.21 bits per heavy atom. The van der Waals surface area contributed by atoms with E-state index in [2.05, 4.69) is 27.8 Å². The van der Waals surface area contributed by atoms with Crippen LogP contribution < -0.4 is 4.90 Å². The number of ether oxygens (including phenoxy) is 1. The van der Waals surface area contributed by atoms with Gasteiger partial charge in [-0.1, -0.05) is 6.92 Å². The second-order valence-electron chi connectivity index (χ2n) is 7.16. The third kappa shape index (κ3) is 4.43. The monoisotopic (exact) mass is 334 g/mol. The van der Waals surface area contributed by atoms with Crippen molar-refractivity contribution in [2.45, 2.75) is 32.6 Å². The van der Waals surface area contributed by atoms with Crippen LogP contribution in [0.4, 0.5) is 5.82 Å². The summed E-state index contributed by atoms with van der Waals surface area (Å²) in [5.41, 5.74) is 1.19. The third-order valence-electron chi connectivity index (χ3n) is 5.07. The van der Waals surface area contributed by atoms with Crippen molar-refractivity contribution in [1.29, 1.82) is 0 Å². The van der Waals surface area contributed by atoms with Crippen LogP contribution in [0.5, 0.6) is 0 Å². The molecule has 2 fully saturated rings. The lowest BCUT2D eigenvalue weighted by Gasteiger charge is -2.33. The standard InChI is InChI=1S/C18H30N4O2/c1-14(13-23)12-21-5-3-16(4-6-21)17-11-18(20-15(2)19-17)22-7-9-24-10-8-22/h11,14,16,23H,3-10,12-13H2,1-2H3/t14-/m0/s1. The van der Waals surface area contributed by atoms with E-state index in [0.717, 1.165) is 70.4 Å². The number of nitrogens with zero attached hydrogens (tertiary/aromatic N) is 4. The zero-order valence-electron chi connectivity index (χ0n) is 14.9. The lowest BCUT2D eigenvalue weighted by molar-refractivity contribution is 0.122. The number of hydrogen-bond acceptors (Lipinski definition) is 6. The number of likely N-dealkylation sites (tertiary alicyclic amines) is 1. The summed E-state index contributed by atoms with van der Waals surface area (Å²) in [6.07, 6.45) is 2.27. The zero-order chi connectivity index (χ0) is 16.9. The van der Waals surface area contributed by atoms with E-state index < -0.39 is 0 Å². The van der Waals surface area contributed by atoms with Crippen molar-refractivity contribution in [3.05, 3.63) is 17.6 Å². The first-order chi connectivity index (χ1) is 11.7. The van der Waals surface area contributed by atoms with Gasteiger partial charge in [0.1, 0.15) is 11.6 Å². The van der Waals surface area contributed by atoms with Crippen molar-refractivity contribution in [3.63, 3.8) is 0 Å². The minimum Gasteiger partial charge on any atom is -0.396 e. The van der Waals surface area contributed by atoms with Gasteiger partial charge < -0.3 is 19.6 Å². The fourth-order valence-electron chi connectivity index (χ4n) is 3.65. The Labute approximate surface area is 144 Å². The molecule has 6 heteroatoms. The van der Waals surface area contributed by atoms with E-state index in [4.69, 9.17) is 9.72 Å². The Bertz CT molecular complexity index is 526. The van der Waals surface area contributed by atoms with Gasteiger partial charge in [-0.2, -0.15) is 0 Å². The molecule has 2 saturated heterocycles. The molecular weight excluding hydrogens is 304 g/mol. The maximum absolute atomic E-state index is 9.22. The van der Waals surface area contributed by atoms with Crippen molar-refractivity contribution in [2.75, 3.05) is 57.4 Å². The van der Waals surface area contributed by atoms with Gasteiger partial charge in [-0.05, 0) is 38.8 Å². The van der Waals surface area contributed by atoms with E-state index >= 15 is 0 Å². The molecule has 3 rings (SSSR count). The predicted molar refractivity (Wildman–Crippen MR) is 94.5 cm³/mol. The maximum atomic E-state index is 9.22. The van der Waals surface area contributed by atoms with E-state index in [1.165, 1.54) is 5.69 Å². The molecule has 0 saturated carbocycles. The molecule has 0 aliphatic carbocycles. The van der Waals surface area contributed by atoms with Gasteiger partial charge in [0, 0.05) is 43.9 Å². The van der Waals surface area contributed by atoms with Gasteiger partial charge in [-0.3, -0.25) is 0 Å². The van der Waals surface area contributed by atoms with Crippen LogP contribution in [0.3, 0.4) is 0 Å². The number of aliphatic hydroxyl groups is 1. The van der Waals surface area contributed by atoms with E-state index in [0.29, 0.717) is 11.8 Å². The highest BCUT2D eigenvalue weighted by Crippen LogP contribution is 2.29. The number of aromatic nitrogens is 2. The van der Waals surface area contributed by atoms with Crippen molar-refractivity contribution in [3.8, 4) is 0 Å². The van der Waals surface area contributed by atoms with Crippen molar-refractivity contribution >= 4 is 5.82 Å². The number of hydrogen-bond donors (Lipinski definition) is 1. The Morgan fingerprint density at radius 2 is 1.92 bits per heavy atom. The smallest absolute Gasteiger partial charge is 0.132 e. The molecule has 6 nitrogen and oxygen atoms in total. The molecular formula is C18H30N4O2. The molecule has 0 unspecified atom stereocenters. The van der Waals surface area contributed by atoms with Gasteiger partial charge in [-0.25, -0.2) is 9.97 Å². The molecule has 0 amide bonds. The first-order valence-electron chi connectivity index (χ1n) is 9.17. The van der Waals surface area contributed by atoms with Crippen LogP contribution in [-0.2, 0) is 4.74 Å². The fraction of sp³-hybridized carbons (Fsp3) is 0.778. The molecule has 0 bridgehead atoms. The van der Waals surface area contributed by atoms with Crippen LogP contribution in [0.25, 0.3) is 0 Å². The minimum absolute atomic E-state index is 0.272. The average Bonchev–Trinajstić information content (AvgIpc) is 2.62. The van der Waals surface area contributed by atoms with E-state index in [1.54, 1.807) is 0 Å². The van der Waals surface area contributed by atoms with Gasteiger partial charge in [0.15, 0.2) is 0 Å². The van der Waals surface area contributed by atoms with Crippen LogP contribution in [0.2, 0.25) is 0 Å². The Balaban J connectivity index is 1.63. The highest BCUT2D eigenvalue weighted by atomic mass is 16.5. The largest absolute Gasteiger partial charge is 0.396 e. The number of rotatable bonds is 5. The molecule has 1 aromatic rings. The van der Waals surface area contributed by atoms with Gasteiger partial charge in [-0.15, -0.1) is 0 Å². The summed E-state index contributed by atoms with van der Waals surface area (Å²) >= 11 is 0. The van der Waals surface area contributed by atoms with E-state index in [1.807, 2.05) is 6.92 Å². The SMILES string of the molecule is Cc1nc(C2CCN(C[C@H](C)CO)CC2)cc(N2CCOCC2)n1. The second kappa shape index (κ2) is 8.23. The van der Waals surface area contributed by atoms with Crippen molar-refractivity contribution in [2.24, 2.45) is 5.92 Å². The summed E-state index contributed by atoms with van der Waals surface area (Å²) in [6.45, 7) is 10.9. The van der Waals surface area contributed by atoms with Crippen LogP contribution in [0.1, 0.15) is 37.2 Å². The van der Waals surface area contributed by atoms with Gasteiger partial charge in [0.05, 0.1) is 13.2 Å². The molecule has 0 spiro atoms. The molecule has 24 heavy (non-hydrogen) atoms. The lowest BCUT2D eigenvalue weighted by atomic mass is 9.92. The van der Waals surface area contributed by atoms with Crippen LogP contribution >= 0.6 is 0 Å². The Hall–Kier alpha value is -1.24. The minimum atomic E-state index is 0.272. The number of morpholine rings is 1. The first kappa shape index (κ1) is 17.6. The lowest BCUT2D eigenvalue weighted by Crippen LogP contribution is -2.38. The second-order valence-corrected chi connectivity index (χ2v) is 7.16. The molecule has 1 N–H and O–H groups in total. The van der Waals surface area contributed by atoms with E-state index in [9.17, 15) is 5.11 Å². The highest BCUT2D eigenvalue weighted by Gasteiger charge is 2.24. The summed E-state index contributed by atoms with van der Waals surface area (Å²) in [7, 11) is 0. The number of piperidine rings is 1.